The summed E-state index contributed by atoms with van der Waals surface area (Å²) in [6.07, 6.45) is 1.42. The van der Waals surface area contributed by atoms with E-state index in [0.29, 0.717) is 22.3 Å². The lowest BCUT2D eigenvalue weighted by atomic mass is 10.1. The third-order valence-corrected chi connectivity index (χ3v) is 5.75. The van der Waals surface area contributed by atoms with E-state index < -0.39 is 16.9 Å². The van der Waals surface area contributed by atoms with Gasteiger partial charge in [0, 0.05) is 17.2 Å². The summed E-state index contributed by atoms with van der Waals surface area (Å²) in [4.78, 5) is 40.0. The van der Waals surface area contributed by atoms with Gasteiger partial charge in [-0.3, -0.25) is 10.1 Å². The molecule has 1 heterocycles. The van der Waals surface area contributed by atoms with Gasteiger partial charge >= 0.3 is 11.9 Å². The van der Waals surface area contributed by atoms with Gasteiger partial charge in [-0.05, 0) is 55.3 Å². The highest BCUT2D eigenvalue weighted by atomic mass is 35.5. The van der Waals surface area contributed by atoms with Gasteiger partial charge in [-0.1, -0.05) is 35.9 Å². The molecule has 3 aromatic carbocycles. The molecule has 1 aliphatic rings. The van der Waals surface area contributed by atoms with Crippen LogP contribution in [0, 0.1) is 24.0 Å². The van der Waals surface area contributed by atoms with Crippen molar-refractivity contribution in [3.63, 3.8) is 0 Å². The molecular formula is C26H19ClN2O7. The van der Waals surface area contributed by atoms with Crippen LogP contribution in [-0.2, 0) is 9.53 Å². The zero-order valence-corrected chi connectivity index (χ0v) is 20.2. The Hall–Kier alpha value is -4.50. The van der Waals surface area contributed by atoms with Gasteiger partial charge < -0.3 is 14.2 Å². The minimum absolute atomic E-state index is 0.0278. The number of ether oxygens (including phenoxy) is 3. The Bertz CT molecular complexity index is 1480. The fourth-order valence-electron chi connectivity index (χ4n) is 3.61. The van der Waals surface area contributed by atoms with E-state index in [-0.39, 0.29) is 33.8 Å². The van der Waals surface area contributed by atoms with Crippen molar-refractivity contribution in [2.24, 2.45) is 4.99 Å². The van der Waals surface area contributed by atoms with Crippen LogP contribution < -0.4 is 9.47 Å². The summed E-state index contributed by atoms with van der Waals surface area (Å²) in [6, 6.07) is 14.4. The molecule has 36 heavy (non-hydrogen) atoms. The number of aliphatic imine (C=N–C) groups is 1. The van der Waals surface area contributed by atoms with Crippen LogP contribution in [0.3, 0.4) is 0 Å². The maximum Gasteiger partial charge on any atom is 0.363 e. The lowest BCUT2D eigenvalue weighted by Crippen LogP contribution is -2.11. The van der Waals surface area contributed by atoms with E-state index in [1.165, 1.54) is 37.5 Å². The number of rotatable bonds is 6. The molecule has 182 valence electrons. The molecule has 0 saturated heterocycles. The summed E-state index contributed by atoms with van der Waals surface area (Å²) < 4.78 is 16.1. The molecule has 10 heteroatoms. The van der Waals surface area contributed by atoms with Gasteiger partial charge in [0.2, 0.25) is 5.90 Å². The molecule has 0 N–H and O–H groups in total. The number of halogens is 1. The molecule has 0 unspecified atom stereocenters. The predicted octanol–water partition coefficient (Wildman–Crippen LogP) is 5.44. The van der Waals surface area contributed by atoms with Gasteiger partial charge in [-0.2, -0.15) is 0 Å². The molecule has 0 bridgehead atoms. The largest absolute Gasteiger partial charge is 0.493 e. The maximum atomic E-state index is 12.7. The molecule has 0 aliphatic carbocycles. The summed E-state index contributed by atoms with van der Waals surface area (Å²) in [5.74, 6) is -1.18. The van der Waals surface area contributed by atoms with Crippen LogP contribution in [0.25, 0.3) is 6.08 Å². The molecular weight excluding hydrogens is 488 g/mol. The predicted molar refractivity (Wildman–Crippen MR) is 133 cm³/mol. The number of hydrogen-bond donors (Lipinski definition) is 0. The third kappa shape index (κ3) is 4.82. The minimum atomic E-state index is -0.735. The molecule has 3 aromatic rings. The Kier molecular flexibility index (Phi) is 6.84. The van der Waals surface area contributed by atoms with Crippen molar-refractivity contribution in [1.29, 1.82) is 0 Å². The summed E-state index contributed by atoms with van der Waals surface area (Å²) >= 11 is 6.40. The Morgan fingerprint density at radius 3 is 2.58 bits per heavy atom. The smallest absolute Gasteiger partial charge is 0.363 e. The van der Waals surface area contributed by atoms with Crippen molar-refractivity contribution in [3.8, 4) is 11.5 Å². The molecule has 0 fully saturated rings. The van der Waals surface area contributed by atoms with Crippen LogP contribution in [0.4, 0.5) is 5.69 Å². The monoisotopic (exact) mass is 506 g/mol. The standard InChI is InChI=1S/C26H19ClN2O7/c1-14-7-4-5-8-17(14)25(30)35-23-19(27)11-16(13-22(23)34-3)12-20-26(31)36-24(28-20)18-9-6-10-21(15(18)2)29(32)33/h4-13H,1-3H3/b20-12-. The second kappa shape index (κ2) is 10.0. The first kappa shape index (κ1) is 24.6. The quantitative estimate of drug-likeness (QED) is 0.144. The second-order valence-corrected chi connectivity index (χ2v) is 8.19. The van der Waals surface area contributed by atoms with Crippen molar-refractivity contribution >= 4 is 41.2 Å². The summed E-state index contributed by atoms with van der Waals surface area (Å²) in [5, 5.41) is 11.3. The molecule has 0 saturated carbocycles. The number of hydrogen-bond acceptors (Lipinski definition) is 8. The summed E-state index contributed by atoms with van der Waals surface area (Å²) in [7, 11) is 1.39. The second-order valence-electron chi connectivity index (χ2n) is 7.78. The Labute approximate surface area is 210 Å². The van der Waals surface area contributed by atoms with Crippen LogP contribution in [0.1, 0.15) is 32.6 Å². The summed E-state index contributed by atoms with van der Waals surface area (Å²) in [5.41, 5.74) is 2.05. The molecule has 1 aliphatic heterocycles. The fourth-order valence-corrected chi connectivity index (χ4v) is 3.86. The highest BCUT2D eigenvalue weighted by Crippen LogP contribution is 2.38. The number of nitro benzene ring substituents is 1. The lowest BCUT2D eigenvalue weighted by Gasteiger charge is -2.13. The van der Waals surface area contributed by atoms with Gasteiger partial charge in [-0.25, -0.2) is 14.6 Å². The van der Waals surface area contributed by atoms with Crippen LogP contribution in [0.2, 0.25) is 5.02 Å². The molecule has 0 radical (unpaired) electrons. The first-order chi connectivity index (χ1) is 17.2. The topological polar surface area (TPSA) is 117 Å². The minimum Gasteiger partial charge on any atom is -0.493 e. The number of benzene rings is 3. The third-order valence-electron chi connectivity index (χ3n) is 5.47. The van der Waals surface area contributed by atoms with Gasteiger partial charge in [0.05, 0.1) is 22.6 Å². The first-order valence-corrected chi connectivity index (χ1v) is 11.0. The molecule has 0 spiro atoms. The van der Waals surface area contributed by atoms with Crippen molar-refractivity contribution in [2.75, 3.05) is 7.11 Å². The molecule has 4 rings (SSSR count). The highest BCUT2D eigenvalue weighted by molar-refractivity contribution is 6.32. The van der Waals surface area contributed by atoms with Crippen LogP contribution in [0.15, 0.2) is 65.3 Å². The number of cyclic esters (lactones) is 1. The van der Waals surface area contributed by atoms with E-state index in [0.717, 1.165) is 5.56 Å². The average molecular weight is 507 g/mol. The van der Waals surface area contributed by atoms with Crippen molar-refractivity contribution in [1.82, 2.24) is 0 Å². The Balaban J connectivity index is 1.66. The van der Waals surface area contributed by atoms with Crippen molar-refractivity contribution in [3.05, 3.63) is 103 Å². The SMILES string of the molecule is COc1cc(/C=C2\N=C(c3cccc([N+](=O)[O-])c3C)OC2=O)cc(Cl)c1OC(=O)c1ccccc1C. The zero-order valence-electron chi connectivity index (χ0n) is 19.4. The average Bonchev–Trinajstić information content (AvgIpc) is 3.20. The van der Waals surface area contributed by atoms with Gasteiger partial charge in [-0.15, -0.1) is 0 Å². The van der Waals surface area contributed by atoms with Gasteiger partial charge in [0.1, 0.15) is 0 Å². The molecule has 9 nitrogen and oxygen atoms in total. The van der Waals surface area contributed by atoms with Crippen molar-refractivity contribution < 1.29 is 28.7 Å². The van der Waals surface area contributed by atoms with E-state index in [9.17, 15) is 19.7 Å². The number of carbonyl (C=O) groups is 2. The number of carbonyl (C=O) groups excluding carboxylic acids is 2. The first-order valence-electron chi connectivity index (χ1n) is 10.6. The number of aryl methyl sites for hydroxylation is 1. The van der Waals surface area contributed by atoms with Gasteiger partial charge in [0.25, 0.3) is 5.69 Å². The van der Waals surface area contributed by atoms with E-state index in [2.05, 4.69) is 4.99 Å². The lowest BCUT2D eigenvalue weighted by molar-refractivity contribution is -0.385. The molecule has 0 atom stereocenters. The molecule has 0 aromatic heterocycles. The Morgan fingerprint density at radius 1 is 1.14 bits per heavy atom. The van der Waals surface area contributed by atoms with Gasteiger partial charge in [0.15, 0.2) is 17.2 Å². The van der Waals surface area contributed by atoms with Crippen molar-refractivity contribution in [2.45, 2.75) is 13.8 Å². The van der Waals surface area contributed by atoms with Crippen LogP contribution >= 0.6 is 11.6 Å². The number of nitro groups is 1. The number of nitrogens with zero attached hydrogens (tertiary/aromatic N) is 2. The number of methoxy groups -OCH3 is 1. The maximum absolute atomic E-state index is 12.7. The molecule has 0 amide bonds. The van der Waals surface area contributed by atoms with E-state index >= 15 is 0 Å². The number of esters is 2. The van der Waals surface area contributed by atoms with Crippen LogP contribution in [0.5, 0.6) is 11.5 Å². The zero-order chi connectivity index (χ0) is 26.0. The fraction of sp³-hybridized carbons (Fsp3) is 0.115. The Morgan fingerprint density at radius 2 is 1.89 bits per heavy atom. The summed E-state index contributed by atoms with van der Waals surface area (Å²) in [6.45, 7) is 3.34. The highest BCUT2D eigenvalue weighted by Gasteiger charge is 2.28. The van der Waals surface area contributed by atoms with E-state index in [4.69, 9.17) is 25.8 Å². The normalized spacial score (nSPS) is 13.8. The van der Waals surface area contributed by atoms with E-state index in [1.807, 2.05) is 6.07 Å². The van der Waals surface area contributed by atoms with Crippen LogP contribution in [-0.4, -0.2) is 29.9 Å². The van der Waals surface area contributed by atoms with E-state index in [1.54, 1.807) is 38.1 Å².